The first kappa shape index (κ1) is 10.7. The highest BCUT2D eigenvalue weighted by molar-refractivity contribution is 5.77. The summed E-state index contributed by atoms with van der Waals surface area (Å²) in [5.41, 5.74) is 0. The number of carbonyl (C=O) groups is 1. The van der Waals surface area contributed by atoms with Gasteiger partial charge in [0.1, 0.15) is 19.2 Å². The van der Waals surface area contributed by atoms with Crippen molar-refractivity contribution >= 4 is 5.91 Å². The Balaban J connectivity index is 1.72. The van der Waals surface area contributed by atoms with Gasteiger partial charge in [-0.3, -0.25) is 4.79 Å². The van der Waals surface area contributed by atoms with Crippen LogP contribution in [0.5, 0.6) is 0 Å². The number of amides is 1. The molecule has 3 heterocycles. The molecule has 1 N–H and O–H groups in total. The van der Waals surface area contributed by atoms with E-state index < -0.39 is 0 Å². The van der Waals surface area contributed by atoms with E-state index in [0.29, 0.717) is 24.5 Å². The Labute approximate surface area is 100 Å². The van der Waals surface area contributed by atoms with Gasteiger partial charge >= 0.3 is 0 Å². The molecule has 3 rings (SSSR count). The predicted octanol–water partition coefficient (Wildman–Crippen LogP) is -0.513. The molecule has 1 aromatic heterocycles. The fraction of sp³-hybridized carbons (Fsp3) is 0.727. The highest BCUT2D eigenvalue weighted by Crippen LogP contribution is 2.32. The monoisotopic (exact) mass is 235 g/mol. The van der Waals surface area contributed by atoms with Crippen molar-refractivity contribution in [2.75, 3.05) is 13.1 Å². The highest BCUT2D eigenvalue weighted by Gasteiger charge is 2.43. The van der Waals surface area contributed by atoms with Crippen LogP contribution in [0.3, 0.4) is 0 Å². The van der Waals surface area contributed by atoms with Crippen LogP contribution in [-0.4, -0.2) is 50.7 Å². The zero-order chi connectivity index (χ0) is 11.8. The SMILES string of the molecule is CC1CC2CNCC2N1C(=O)Cn1cncn1. The molecule has 17 heavy (non-hydrogen) atoms. The number of aromatic nitrogens is 3. The zero-order valence-corrected chi connectivity index (χ0v) is 9.91. The maximum atomic E-state index is 12.3. The van der Waals surface area contributed by atoms with E-state index in [2.05, 4.69) is 22.3 Å². The maximum Gasteiger partial charge on any atom is 0.244 e. The van der Waals surface area contributed by atoms with E-state index in [9.17, 15) is 4.79 Å². The van der Waals surface area contributed by atoms with E-state index in [1.807, 2.05) is 4.90 Å². The van der Waals surface area contributed by atoms with E-state index in [1.165, 1.54) is 6.33 Å². The number of carbonyl (C=O) groups excluding carboxylic acids is 1. The number of fused-ring (bicyclic) bond motifs is 1. The van der Waals surface area contributed by atoms with Crippen molar-refractivity contribution in [3.63, 3.8) is 0 Å². The van der Waals surface area contributed by atoms with Gasteiger partial charge in [-0.15, -0.1) is 0 Å². The molecule has 1 amide bonds. The molecule has 2 fully saturated rings. The molecule has 3 unspecified atom stereocenters. The summed E-state index contributed by atoms with van der Waals surface area (Å²) in [4.78, 5) is 18.2. The molecule has 3 atom stereocenters. The minimum Gasteiger partial charge on any atom is -0.334 e. The molecule has 92 valence electrons. The molecule has 2 aliphatic rings. The Bertz CT molecular complexity index is 404. The van der Waals surface area contributed by atoms with Gasteiger partial charge < -0.3 is 10.2 Å². The van der Waals surface area contributed by atoms with Gasteiger partial charge in [-0.05, 0) is 19.3 Å². The Morgan fingerprint density at radius 2 is 2.41 bits per heavy atom. The summed E-state index contributed by atoms with van der Waals surface area (Å²) in [6.07, 6.45) is 4.16. The summed E-state index contributed by atoms with van der Waals surface area (Å²) in [7, 11) is 0. The molecular formula is C11H17N5O. The number of nitrogens with one attached hydrogen (secondary N) is 1. The van der Waals surface area contributed by atoms with Crippen LogP contribution in [0.2, 0.25) is 0 Å². The van der Waals surface area contributed by atoms with Crippen LogP contribution in [0.15, 0.2) is 12.7 Å². The van der Waals surface area contributed by atoms with Crippen molar-refractivity contribution in [3.8, 4) is 0 Å². The van der Waals surface area contributed by atoms with Crippen molar-refractivity contribution < 1.29 is 4.79 Å². The second kappa shape index (κ2) is 4.10. The van der Waals surface area contributed by atoms with Crippen LogP contribution in [0.1, 0.15) is 13.3 Å². The van der Waals surface area contributed by atoms with E-state index in [1.54, 1.807) is 11.0 Å². The quantitative estimate of drug-likeness (QED) is 0.749. The summed E-state index contributed by atoms with van der Waals surface area (Å²) in [6, 6.07) is 0.726. The lowest BCUT2D eigenvalue weighted by Gasteiger charge is -2.27. The minimum absolute atomic E-state index is 0.152. The van der Waals surface area contributed by atoms with Crippen LogP contribution >= 0.6 is 0 Å². The van der Waals surface area contributed by atoms with Crippen LogP contribution < -0.4 is 5.32 Å². The Kier molecular flexibility index (Phi) is 2.58. The van der Waals surface area contributed by atoms with Gasteiger partial charge in [0, 0.05) is 25.2 Å². The van der Waals surface area contributed by atoms with Gasteiger partial charge in [-0.25, -0.2) is 9.67 Å². The third kappa shape index (κ3) is 1.82. The number of nitrogens with zero attached hydrogens (tertiary/aromatic N) is 4. The third-order valence-electron chi connectivity index (χ3n) is 3.83. The van der Waals surface area contributed by atoms with Gasteiger partial charge in [-0.2, -0.15) is 5.10 Å². The average Bonchev–Trinajstić information content (AvgIpc) is 2.93. The highest BCUT2D eigenvalue weighted by atomic mass is 16.2. The van der Waals surface area contributed by atoms with Crippen molar-refractivity contribution in [2.45, 2.75) is 32.0 Å². The Hall–Kier alpha value is -1.43. The second-order valence-corrected chi connectivity index (χ2v) is 4.96. The smallest absolute Gasteiger partial charge is 0.244 e. The largest absolute Gasteiger partial charge is 0.334 e. The lowest BCUT2D eigenvalue weighted by molar-refractivity contribution is -0.134. The molecule has 0 spiro atoms. The third-order valence-corrected chi connectivity index (χ3v) is 3.83. The van der Waals surface area contributed by atoms with Crippen LogP contribution in [-0.2, 0) is 11.3 Å². The molecule has 0 radical (unpaired) electrons. The molecule has 0 saturated carbocycles. The number of rotatable bonds is 2. The van der Waals surface area contributed by atoms with Crippen molar-refractivity contribution in [3.05, 3.63) is 12.7 Å². The second-order valence-electron chi connectivity index (χ2n) is 4.96. The summed E-state index contributed by atoms with van der Waals surface area (Å²) >= 11 is 0. The standard InChI is InChI=1S/C11H17N5O/c1-8-2-9-3-12-4-10(9)16(8)11(17)5-15-7-13-6-14-15/h6-10,12H,2-5H2,1H3. The van der Waals surface area contributed by atoms with E-state index in [0.717, 1.165) is 19.5 Å². The number of likely N-dealkylation sites (tertiary alicyclic amines) is 1. The van der Waals surface area contributed by atoms with Crippen LogP contribution in [0.25, 0.3) is 0 Å². The molecular weight excluding hydrogens is 218 g/mol. The predicted molar refractivity (Wildman–Crippen MR) is 61.1 cm³/mol. The average molecular weight is 235 g/mol. The summed E-state index contributed by atoms with van der Waals surface area (Å²) in [5, 5.41) is 7.34. The maximum absolute atomic E-state index is 12.3. The lowest BCUT2D eigenvalue weighted by atomic mass is 10.0. The van der Waals surface area contributed by atoms with Crippen molar-refractivity contribution in [1.29, 1.82) is 0 Å². The van der Waals surface area contributed by atoms with Gasteiger partial charge in [0.2, 0.25) is 5.91 Å². The molecule has 0 aliphatic carbocycles. The molecule has 6 heteroatoms. The van der Waals surface area contributed by atoms with Gasteiger partial charge in [-0.1, -0.05) is 0 Å². The van der Waals surface area contributed by atoms with Gasteiger partial charge in [0.05, 0.1) is 0 Å². The van der Waals surface area contributed by atoms with Crippen molar-refractivity contribution in [2.24, 2.45) is 5.92 Å². The van der Waals surface area contributed by atoms with Crippen LogP contribution in [0.4, 0.5) is 0 Å². The van der Waals surface area contributed by atoms with Crippen LogP contribution in [0, 0.1) is 5.92 Å². The van der Waals surface area contributed by atoms with E-state index in [-0.39, 0.29) is 5.91 Å². The van der Waals surface area contributed by atoms with E-state index >= 15 is 0 Å². The minimum atomic E-state index is 0.152. The molecule has 2 aliphatic heterocycles. The summed E-state index contributed by atoms with van der Waals surface area (Å²) in [6.45, 7) is 4.41. The molecule has 2 saturated heterocycles. The lowest BCUT2D eigenvalue weighted by Crippen LogP contribution is -2.44. The Morgan fingerprint density at radius 1 is 1.53 bits per heavy atom. The molecule has 6 nitrogen and oxygen atoms in total. The fourth-order valence-electron chi connectivity index (χ4n) is 3.13. The first-order chi connectivity index (χ1) is 8.25. The van der Waals surface area contributed by atoms with Gasteiger partial charge in [0.25, 0.3) is 0 Å². The number of hydrogen-bond acceptors (Lipinski definition) is 4. The molecule has 0 aromatic carbocycles. The molecule has 1 aromatic rings. The fourth-order valence-corrected chi connectivity index (χ4v) is 3.13. The Morgan fingerprint density at radius 3 is 3.18 bits per heavy atom. The summed E-state index contributed by atoms with van der Waals surface area (Å²) < 4.78 is 1.59. The molecule has 0 bridgehead atoms. The van der Waals surface area contributed by atoms with Gasteiger partial charge in [0.15, 0.2) is 0 Å². The normalized spacial score (nSPS) is 31.8. The zero-order valence-electron chi connectivity index (χ0n) is 9.91. The number of hydrogen-bond donors (Lipinski definition) is 1. The first-order valence-corrected chi connectivity index (χ1v) is 6.10. The topological polar surface area (TPSA) is 63.1 Å². The van der Waals surface area contributed by atoms with Crippen molar-refractivity contribution in [1.82, 2.24) is 25.0 Å². The first-order valence-electron chi connectivity index (χ1n) is 6.10. The van der Waals surface area contributed by atoms with E-state index in [4.69, 9.17) is 0 Å². The summed E-state index contributed by atoms with van der Waals surface area (Å²) in [5.74, 6) is 0.781.